The van der Waals surface area contributed by atoms with Gasteiger partial charge in [0.05, 0.1) is 0 Å². The van der Waals surface area contributed by atoms with Gasteiger partial charge in [0, 0.05) is 19.0 Å². The predicted molar refractivity (Wildman–Crippen MR) is 49.0 cm³/mol. The maximum Gasteiger partial charge on any atom is 0.220 e. The number of carbonyl (C=O) groups is 1. The molecule has 1 amide bonds. The molecule has 0 spiro atoms. The highest BCUT2D eigenvalue weighted by molar-refractivity contribution is 5.78. The molecular weight excluding hydrogens is 152 g/mol. The Labute approximate surface area is 74.1 Å². The van der Waals surface area contributed by atoms with Crippen LogP contribution in [0.25, 0.3) is 0 Å². The summed E-state index contributed by atoms with van der Waals surface area (Å²) in [6, 6.07) is 0.400. The summed E-state index contributed by atoms with van der Waals surface area (Å²) in [7, 11) is 0. The van der Waals surface area contributed by atoms with E-state index in [0.29, 0.717) is 12.5 Å². The van der Waals surface area contributed by atoms with E-state index in [1.54, 1.807) is 0 Å². The number of carbonyl (C=O) groups excluding carboxylic acids is 1. The average Bonchev–Trinajstić information content (AvgIpc) is 2.47. The molecule has 1 heterocycles. The maximum absolute atomic E-state index is 10.9. The fraction of sp³-hybridized carbons (Fsp3) is 0.889. The van der Waals surface area contributed by atoms with Crippen molar-refractivity contribution >= 4 is 5.91 Å². The van der Waals surface area contributed by atoms with E-state index in [9.17, 15) is 4.79 Å². The largest absolute Gasteiger partial charge is 0.352 e. The molecule has 3 heteroatoms. The topological polar surface area (TPSA) is 32.3 Å². The van der Waals surface area contributed by atoms with Gasteiger partial charge in [-0.2, -0.15) is 0 Å². The molecule has 1 saturated heterocycles. The second-order valence-corrected chi connectivity index (χ2v) is 3.29. The Kier molecular flexibility index (Phi) is 3.53. The van der Waals surface area contributed by atoms with Crippen molar-refractivity contribution < 1.29 is 4.79 Å². The molecule has 0 saturated carbocycles. The predicted octanol–water partition coefficient (Wildman–Crippen LogP) is 0.607. The van der Waals surface area contributed by atoms with Gasteiger partial charge < -0.3 is 10.2 Å². The van der Waals surface area contributed by atoms with Crippen molar-refractivity contribution in [1.82, 2.24) is 10.2 Å². The fourth-order valence-electron chi connectivity index (χ4n) is 1.61. The van der Waals surface area contributed by atoms with Gasteiger partial charge in [-0.05, 0) is 19.5 Å². The van der Waals surface area contributed by atoms with Crippen LogP contribution in [0, 0.1) is 0 Å². The van der Waals surface area contributed by atoms with Gasteiger partial charge in [0.1, 0.15) is 0 Å². The molecule has 0 aromatic rings. The van der Waals surface area contributed by atoms with Crippen LogP contribution in [0.4, 0.5) is 0 Å². The van der Waals surface area contributed by atoms with Crippen molar-refractivity contribution in [2.75, 3.05) is 19.6 Å². The van der Waals surface area contributed by atoms with Crippen molar-refractivity contribution in [2.24, 2.45) is 0 Å². The van der Waals surface area contributed by atoms with Crippen LogP contribution in [0.5, 0.6) is 0 Å². The lowest BCUT2D eigenvalue weighted by Crippen LogP contribution is -2.38. The molecule has 0 radical (unpaired) electrons. The average molecular weight is 170 g/mol. The summed E-state index contributed by atoms with van der Waals surface area (Å²) in [5.41, 5.74) is 0. The van der Waals surface area contributed by atoms with E-state index in [-0.39, 0.29) is 5.91 Å². The number of nitrogens with zero attached hydrogens (tertiary/aromatic N) is 1. The van der Waals surface area contributed by atoms with Gasteiger partial charge in [-0.25, -0.2) is 0 Å². The molecule has 1 unspecified atom stereocenters. The molecule has 1 aliphatic rings. The zero-order chi connectivity index (χ0) is 8.97. The van der Waals surface area contributed by atoms with E-state index >= 15 is 0 Å². The minimum Gasteiger partial charge on any atom is -0.352 e. The molecule has 1 rings (SSSR count). The lowest BCUT2D eigenvalue weighted by atomic mass is 10.2. The summed E-state index contributed by atoms with van der Waals surface area (Å²) >= 11 is 0. The highest BCUT2D eigenvalue weighted by Gasteiger charge is 2.21. The highest BCUT2D eigenvalue weighted by atomic mass is 16.1. The van der Waals surface area contributed by atoms with E-state index in [0.717, 1.165) is 26.1 Å². The molecular formula is C9H18N2O. The van der Waals surface area contributed by atoms with Gasteiger partial charge in [-0.3, -0.25) is 4.79 Å². The Balaban J connectivity index is 2.26. The molecule has 1 fully saturated rings. The summed E-state index contributed by atoms with van der Waals surface area (Å²) in [4.78, 5) is 13.2. The van der Waals surface area contributed by atoms with Crippen LogP contribution in [-0.2, 0) is 4.79 Å². The second kappa shape index (κ2) is 4.45. The van der Waals surface area contributed by atoms with Crippen LogP contribution in [0.2, 0.25) is 0 Å². The molecule has 12 heavy (non-hydrogen) atoms. The first-order valence-corrected chi connectivity index (χ1v) is 4.78. The van der Waals surface area contributed by atoms with E-state index in [1.807, 2.05) is 0 Å². The lowest BCUT2D eigenvalue weighted by molar-refractivity contribution is -0.119. The van der Waals surface area contributed by atoms with Crippen molar-refractivity contribution in [3.63, 3.8) is 0 Å². The number of rotatable bonds is 4. The van der Waals surface area contributed by atoms with Crippen molar-refractivity contribution in [3.8, 4) is 0 Å². The Morgan fingerprint density at radius 1 is 1.50 bits per heavy atom. The van der Waals surface area contributed by atoms with Gasteiger partial charge in [-0.15, -0.1) is 0 Å². The van der Waals surface area contributed by atoms with Crippen LogP contribution >= 0.6 is 0 Å². The van der Waals surface area contributed by atoms with Crippen LogP contribution in [0.1, 0.15) is 26.7 Å². The van der Waals surface area contributed by atoms with Crippen LogP contribution < -0.4 is 5.32 Å². The summed E-state index contributed by atoms with van der Waals surface area (Å²) in [5, 5.41) is 2.97. The minimum atomic E-state index is 0.215. The third-order valence-electron chi connectivity index (χ3n) is 2.46. The highest BCUT2D eigenvalue weighted by Crippen LogP contribution is 2.07. The molecule has 1 aliphatic heterocycles. The first-order valence-electron chi connectivity index (χ1n) is 4.78. The van der Waals surface area contributed by atoms with Gasteiger partial charge in [0.15, 0.2) is 0 Å². The lowest BCUT2D eigenvalue weighted by Gasteiger charge is -2.21. The van der Waals surface area contributed by atoms with Gasteiger partial charge in [0.25, 0.3) is 0 Å². The van der Waals surface area contributed by atoms with E-state index < -0.39 is 0 Å². The van der Waals surface area contributed by atoms with Crippen molar-refractivity contribution in [3.05, 3.63) is 0 Å². The summed E-state index contributed by atoms with van der Waals surface area (Å²) in [5.74, 6) is 0.215. The molecule has 0 aromatic heterocycles. The third kappa shape index (κ3) is 2.48. The number of hydrogen-bond donors (Lipinski definition) is 1. The molecule has 1 N–H and O–H groups in total. The normalized spacial score (nSPS) is 23.2. The first kappa shape index (κ1) is 9.52. The monoisotopic (exact) mass is 170 g/mol. The fourth-order valence-corrected chi connectivity index (χ4v) is 1.61. The Bertz CT molecular complexity index is 155. The number of amides is 1. The van der Waals surface area contributed by atoms with E-state index in [4.69, 9.17) is 0 Å². The zero-order valence-electron chi connectivity index (χ0n) is 7.97. The summed E-state index contributed by atoms with van der Waals surface area (Å²) < 4.78 is 0. The smallest absolute Gasteiger partial charge is 0.220 e. The van der Waals surface area contributed by atoms with Crippen LogP contribution in [-0.4, -0.2) is 36.5 Å². The number of likely N-dealkylation sites (N-methyl/N-ethyl adjacent to an activating group) is 1. The number of nitrogens with one attached hydrogen (secondary N) is 1. The molecule has 0 aliphatic carbocycles. The standard InChI is InChI=1S/C9H18N2O/c1-3-11(4-2)7-8-5-6-9(12)10-8/h8H,3-7H2,1-2H3,(H,10,12). The van der Waals surface area contributed by atoms with E-state index in [2.05, 4.69) is 24.1 Å². The van der Waals surface area contributed by atoms with Crippen molar-refractivity contribution in [1.29, 1.82) is 0 Å². The van der Waals surface area contributed by atoms with Crippen molar-refractivity contribution in [2.45, 2.75) is 32.7 Å². The Morgan fingerprint density at radius 3 is 2.58 bits per heavy atom. The molecule has 0 aromatic carbocycles. The Hall–Kier alpha value is -0.570. The number of hydrogen-bond acceptors (Lipinski definition) is 2. The Morgan fingerprint density at radius 2 is 2.17 bits per heavy atom. The molecule has 0 bridgehead atoms. The molecule has 3 nitrogen and oxygen atoms in total. The second-order valence-electron chi connectivity index (χ2n) is 3.29. The van der Waals surface area contributed by atoms with Crippen LogP contribution in [0.15, 0.2) is 0 Å². The van der Waals surface area contributed by atoms with Gasteiger partial charge in [0.2, 0.25) is 5.91 Å². The molecule has 70 valence electrons. The van der Waals surface area contributed by atoms with E-state index in [1.165, 1.54) is 0 Å². The SMILES string of the molecule is CCN(CC)CC1CCC(=O)N1. The molecule has 1 atom stereocenters. The quantitative estimate of drug-likeness (QED) is 0.670. The zero-order valence-corrected chi connectivity index (χ0v) is 7.97. The van der Waals surface area contributed by atoms with Gasteiger partial charge in [-0.1, -0.05) is 13.8 Å². The van der Waals surface area contributed by atoms with Gasteiger partial charge >= 0.3 is 0 Å². The maximum atomic E-state index is 10.9. The summed E-state index contributed by atoms with van der Waals surface area (Å²) in [6.45, 7) is 7.46. The minimum absolute atomic E-state index is 0.215. The first-order chi connectivity index (χ1) is 5.76. The third-order valence-corrected chi connectivity index (χ3v) is 2.46. The van der Waals surface area contributed by atoms with Crippen LogP contribution in [0.3, 0.4) is 0 Å². The summed E-state index contributed by atoms with van der Waals surface area (Å²) in [6.07, 6.45) is 1.72.